The lowest BCUT2D eigenvalue weighted by molar-refractivity contribution is -0.137. The van der Waals surface area contributed by atoms with Gasteiger partial charge in [-0.3, -0.25) is 14.4 Å². The van der Waals surface area contributed by atoms with Crippen LogP contribution in [0.1, 0.15) is 117 Å². The summed E-state index contributed by atoms with van der Waals surface area (Å²) in [6.45, 7) is 5.12. The van der Waals surface area contributed by atoms with Gasteiger partial charge >= 0.3 is 0 Å². The van der Waals surface area contributed by atoms with E-state index in [0.29, 0.717) is 17.8 Å². The molecule has 1 rings (SSSR count). The van der Waals surface area contributed by atoms with Gasteiger partial charge in [-0.1, -0.05) is 90.4 Å². The molecule has 0 saturated carbocycles. The second-order valence-electron chi connectivity index (χ2n) is 11.6. The highest BCUT2D eigenvalue weighted by atomic mass is 16.3. The van der Waals surface area contributed by atoms with Gasteiger partial charge in [0.2, 0.25) is 17.7 Å². The number of nitrogens with one attached hydrogen (secondary N) is 3. The van der Waals surface area contributed by atoms with E-state index in [2.05, 4.69) is 35.0 Å². The van der Waals surface area contributed by atoms with Gasteiger partial charge in [-0.2, -0.15) is 0 Å². The van der Waals surface area contributed by atoms with Crippen LogP contribution in [-0.4, -0.2) is 47.2 Å². The highest BCUT2D eigenvalue weighted by Crippen LogP contribution is 2.20. The van der Waals surface area contributed by atoms with Crippen LogP contribution in [0.4, 0.5) is 11.4 Å². The van der Waals surface area contributed by atoms with E-state index in [1.165, 1.54) is 57.8 Å². The van der Waals surface area contributed by atoms with E-state index >= 15 is 0 Å². The molecule has 0 saturated heterocycles. The molecule has 1 unspecified atom stereocenters. The van der Waals surface area contributed by atoms with Crippen molar-refractivity contribution in [2.24, 2.45) is 5.41 Å². The average Bonchev–Trinajstić information content (AvgIpc) is 2.94. The fourth-order valence-corrected chi connectivity index (χ4v) is 4.32. The molecule has 0 aromatic heterocycles. The lowest BCUT2D eigenvalue weighted by Crippen LogP contribution is -2.46. The third kappa shape index (κ3) is 17.7. The van der Waals surface area contributed by atoms with Crippen molar-refractivity contribution in [2.45, 2.75) is 123 Å². The Kier molecular flexibility index (Phi) is 19.5. The SMILES string of the molecule is CCCCCCCCC=CCCCCCCCC(=O)Nc1cccc(NC(=O)CCNC(=O)C(O)C(C)(C)CO)c1. The van der Waals surface area contributed by atoms with Crippen molar-refractivity contribution in [3.8, 4) is 0 Å². The van der Waals surface area contributed by atoms with Crippen molar-refractivity contribution in [1.82, 2.24) is 5.32 Å². The van der Waals surface area contributed by atoms with E-state index in [0.717, 1.165) is 25.7 Å². The second-order valence-corrected chi connectivity index (χ2v) is 11.6. The molecule has 3 amide bonds. The number of hydrogen-bond acceptors (Lipinski definition) is 5. The predicted octanol–water partition coefficient (Wildman–Crippen LogP) is 6.49. The van der Waals surface area contributed by atoms with Crippen LogP contribution < -0.4 is 16.0 Å². The first-order valence-electron chi connectivity index (χ1n) is 15.6. The van der Waals surface area contributed by atoms with Gasteiger partial charge in [0.25, 0.3) is 0 Å². The van der Waals surface area contributed by atoms with Gasteiger partial charge in [0, 0.05) is 36.2 Å². The Morgan fingerprint density at radius 3 is 1.88 bits per heavy atom. The zero-order chi connectivity index (χ0) is 30.3. The summed E-state index contributed by atoms with van der Waals surface area (Å²) in [6, 6.07) is 6.95. The van der Waals surface area contributed by atoms with Crippen LogP contribution in [0, 0.1) is 5.41 Å². The van der Waals surface area contributed by atoms with E-state index in [4.69, 9.17) is 0 Å². The molecular weight excluding hydrogens is 518 g/mol. The van der Waals surface area contributed by atoms with Crippen LogP contribution >= 0.6 is 0 Å². The number of hydrogen-bond donors (Lipinski definition) is 5. The smallest absolute Gasteiger partial charge is 0.249 e. The first kappa shape index (κ1) is 36.3. The van der Waals surface area contributed by atoms with Crippen LogP contribution in [-0.2, 0) is 14.4 Å². The molecular formula is C33H55N3O5. The summed E-state index contributed by atoms with van der Waals surface area (Å²) < 4.78 is 0. The molecule has 41 heavy (non-hydrogen) atoms. The van der Waals surface area contributed by atoms with Crippen molar-refractivity contribution in [3.05, 3.63) is 36.4 Å². The van der Waals surface area contributed by atoms with Gasteiger partial charge in [-0.15, -0.1) is 0 Å². The molecule has 5 N–H and O–H groups in total. The Labute approximate surface area is 247 Å². The zero-order valence-corrected chi connectivity index (χ0v) is 25.7. The van der Waals surface area contributed by atoms with E-state index in [1.807, 2.05) is 0 Å². The number of carbonyl (C=O) groups is 3. The van der Waals surface area contributed by atoms with E-state index in [-0.39, 0.29) is 31.4 Å². The predicted molar refractivity (Wildman–Crippen MR) is 168 cm³/mol. The lowest BCUT2D eigenvalue weighted by Gasteiger charge is -2.27. The minimum atomic E-state index is -1.37. The van der Waals surface area contributed by atoms with Crippen LogP contribution in [0.3, 0.4) is 0 Å². The zero-order valence-electron chi connectivity index (χ0n) is 25.7. The van der Waals surface area contributed by atoms with Gasteiger partial charge < -0.3 is 26.2 Å². The van der Waals surface area contributed by atoms with Crippen LogP contribution in [0.5, 0.6) is 0 Å². The molecule has 0 aliphatic rings. The number of amides is 3. The Morgan fingerprint density at radius 2 is 1.32 bits per heavy atom. The normalized spacial score (nSPS) is 12.3. The highest BCUT2D eigenvalue weighted by Gasteiger charge is 2.32. The van der Waals surface area contributed by atoms with Crippen molar-refractivity contribution in [3.63, 3.8) is 0 Å². The summed E-state index contributed by atoms with van der Waals surface area (Å²) in [5.41, 5.74) is 0.186. The largest absolute Gasteiger partial charge is 0.396 e. The first-order chi connectivity index (χ1) is 19.7. The number of aliphatic hydroxyl groups is 2. The van der Waals surface area contributed by atoms with Crippen molar-refractivity contribution in [2.75, 3.05) is 23.8 Å². The number of unbranched alkanes of at least 4 members (excludes halogenated alkanes) is 11. The summed E-state index contributed by atoms with van der Waals surface area (Å²) >= 11 is 0. The number of carbonyl (C=O) groups excluding carboxylic acids is 3. The van der Waals surface area contributed by atoms with Gasteiger partial charge in [0.1, 0.15) is 6.10 Å². The first-order valence-corrected chi connectivity index (χ1v) is 15.6. The van der Waals surface area contributed by atoms with Crippen molar-refractivity contribution < 1.29 is 24.6 Å². The maximum atomic E-state index is 12.3. The van der Waals surface area contributed by atoms with Gasteiger partial charge in [0.05, 0.1) is 6.61 Å². The third-order valence-corrected chi connectivity index (χ3v) is 7.14. The minimum absolute atomic E-state index is 0.0179. The van der Waals surface area contributed by atoms with E-state index in [1.54, 1.807) is 38.1 Å². The highest BCUT2D eigenvalue weighted by molar-refractivity contribution is 5.94. The van der Waals surface area contributed by atoms with Crippen molar-refractivity contribution in [1.29, 1.82) is 0 Å². The fraction of sp³-hybridized carbons (Fsp3) is 0.667. The fourth-order valence-electron chi connectivity index (χ4n) is 4.32. The Bertz CT molecular complexity index is 916. The quantitative estimate of drug-likeness (QED) is 0.0756. The standard InChI is InChI=1S/C33H55N3O5/c1-4-5-6-7-8-9-10-11-12-13-14-15-16-17-18-22-29(38)35-27-20-19-21-28(25-27)36-30(39)23-24-34-32(41)31(40)33(2,3)26-37/h11-12,19-21,25,31,37,40H,4-10,13-18,22-24,26H2,1-3H3,(H,34,41)(H,35,38)(H,36,39). The number of rotatable bonds is 23. The summed E-state index contributed by atoms with van der Waals surface area (Å²) in [5, 5.41) is 27.4. The molecule has 0 spiro atoms. The molecule has 0 fully saturated rings. The summed E-state index contributed by atoms with van der Waals surface area (Å²) in [5.74, 6) is -0.982. The number of allylic oxidation sites excluding steroid dienone is 2. The maximum absolute atomic E-state index is 12.3. The summed E-state index contributed by atoms with van der Waals surface area (Å²) in [4.78, 5) is 36.6. The second kappa shape index (κ2) is 22.0. The number of aliphatic hydroxyl groups excluding tert-OH is 2. The Balaban J connectivity index is 2.16. The number of benzene rings is 1. The Morgan fingerprint density at radius 1 is 0.805 bits per heavy atom. The molecule has 0 aliphatic heterocycles. The van der Waals surface area contributed by atoms with Crippen LogP contribution in [0.15, 0.2) is 36.4 Å². The molecule has 0 radical (unpaired) electrons. The van der Waals surface area contributed by atoms with Gasteiger partial charge in [-0.25, -0.2) is 0 Å². The molecule has 232 valence electrons. The molecule has 0 aliphatic carbocycles. The summed E-state index contributed by atoms with van der Waals surface area (Å²) in [7, 11) is 0. The summed E-state index contributed by atoms with van der Waals surface area (Å²) in [6.07, 6.45) is 19.6. The Hall–Kier alpha value is -2.71. The van der Waals surface area contributed by atoms with Crippen LogP contribution in [0.25, 0.3) is 0 Å². The van der Waals surface area contributed by atoms with E-state index < -0.39 is 17.4 Å². The molecule has 1 aromatic rings. The van der Waals surface area contributed by atoms with Crippen LogP contribution in [0.2, 0.25) is 0 Å². The van der Waals surface area contributed by atoms with Gasteiger partial charge in [0.15, 0.2) is 0 Å². The van der Waals surface area contributed by atoms with E-state index in [9.17, 15) is 24.6 Å². The topological polar surface area (TPSA) is 128 Å². The average molecular weight is 574 g/mol. The molecule has 0 heterocycles. The third-order valence-electron chi connectivity index (χ3n) is 7.14. The molecule has 0 bridgehead atoms. The lowest BCUT2D eigenvalue weighted by atomic mass is 9.87. The molecule has 1 aromatic carbocycles. The van der Waals surface area contributed by atoms with Gasteiger partial charge in [-0.05, 0) is 50.3 Å². The minimum Gasteiger partial charge on any atom is -0.396 e. The monoisotopic (exact) mass is 573 g/mol. The number of anilines is 2. The molecule has 8 nitrogen and oxygen atoms in total. The molecule has 1 atom stereocenters. The molecule has 8 heteroatoms. The van der Waals surface area contributed by atoms with Crippen molar-refractivity contribution >= 4 is 29.1 Å². The maximum Gasteiger partial charge on any atom is 0.249 e.